The number of rotatable bonds is 4. The van der Waals surface area contributed by atoms with Crippen molar-refractivity contribution < 1.29 is 25.3 Å². The molecule has 0 aromatic rings. The van der Waals surface area contributed by atoms with Crippen LogP contribution in [0.15, 0.2) is 0 Å². The lowest BCUT2D eigenvalue weighted by Crippen LogP contribution is -2.08. The molecule has 4 nitrogen and oxygen atoms in total. The summed E-state index contributed by atoms with van der Waals surface area (Å²) in [7, 11) is 0. The highest BCUT2D eigenvalue weighted by Gasteiger charge is 2.10. The number of aliphatic carboxylic acids is 2. The van der Waals surface area contributed by atoms with Crippen LogP contribution in [-0.4, -0.2) is 22.2 Å². The van der Waals surface area contributed by atoms with Crippen LogP contribution in [0, 0.1) is 5.92 Å². The predicted octanol–water partition coefficient (Wildman–Crippen LogP) is 0.572. The van der Waals surface area contributed by atoms with E-state index in [2.05, 4.69) is 0 Å². The average molecular weight is 150 g/mol. The average Bonchev–Trinajstić information content (AvgIpc) is 2.02. The zero-order valence-corrected chi connectivity index (χ0v) is 5.29. The molecule has 0 aliphatic heterocycles. The smallest absolute Gasteiger partial charge is 0.303 e. The second-order valence-electron chi connectivity index (χ2n) is 1.62. The normalized spacial score (nSPS) is 18.6. The molecule has 0 heterocycles. The third-order valence-electron chi connectivity index (χ3n) is 0.680. The molecule has 0 aliphatic carbocycles. The highest BCUT2D eigenvalue weighted by Crippen LogP contribution is 2.06. The van der Waals surface area contributed by atoms with Gasteiger partial charge in [0.2, 0.25) is 0 Å². The lowest BCUT2D eigenvalue weighted by atomic mass is 10.1. The third kappa shape index (κ3) is 5.08. The Morgan fingerprint density at radius 1 is 1.40 bits per heavy atom. The molecule has 0 amide bonds. The van der Waals surface area contributed by atoms with Crippen LogP contribution in [0.5, 0.6) is 0 Å². The standard InChI is InChI=1S/C6H10O4/c1-4(2-5(7)8)3-6(9)10/h4H,2-3H2,1H3,(H,7,8)(H,9,10)/i2D2,3D2. The molecule has 10 heavy (non-hydrogen) atoms. The molecule has 0 aliphatic rings. The molecule has 0 saturated heterocycles. The van der Waals surface area contributed by atoms with Crippen molar-refractivity contribution in [3.05, 3.63) is 0 Å². The topological polar surface area (TPSA) is 74.6 Å². The zero-order valence-electron chi connectivity index (χ0n) is 9.29. The lowest BCUT2D eigenvalue weighted by molar-refractivity contribution is -0.140. The molecule has 0 spiro atoms. The predicted molar refractivity (Wildman–Crippen MR) is 33.7 cm³/mol. The summed E-state index contributed by atoms with van der Waals surface area (Å²) < 4.78 is 28.0. The van der Waals surface area contributed by atoms with E-state index in [1.165, 1.54) is 0 Å². The summed E-state index contributed by atoms with van der Waals surface area (Å²) >= 11 is 0. The van der Waals surface area contributed by atoms with E-state index in [0.717, 1.165) is 6.92 Å². The van der Waals surface area contributed by atoms with Crippen molar-refractivity contribution in [3.8, 4) is 0 Å². The maximum Gasteiger partial charge on any atom is 0.303 e. The minimum absolute atomic E-state index is 0.905. The first kappa shape index (κ1) is 3.95. The van der Waals surface area contributed by atoms with E-state index >= 15 is 0 Å². The van der Waals surface area contributed by atoms with Crippen molar-refractivity contribution in [2.24, 2.45) is 5.92 Å². The van der Waals surface area contributed by atoms with Crippen molar-refractivity contribution in [3.63, 3.8) is 0 Å². The molecule has 0 radical (unpaired) electrons. The van der Waals surface area contributed by atoms with Gasteiger partial charge in [-0.1, -0.05) is 6.92 Å². The van der Waals surface area contributed by atoms with E-state index < -0.39 is 30.6 Å². The van der Waals surface area contributed by atoms with Crippen LogP contribution in [-0.2, 0) is 9.59 Å². The Morgan fingerprint density at radius 3 is 1.90 bits per heavy atom. The van der Waals surface area contributed by atoms with Crippen molar-refractivity contribution in [2.45, 2.75) is 19.7 Å². The molecular formula is C6H10O4. The summed E-state index contributed by atoms with van der Waals surface area (Å²) in [5.41, 5.74) is 0. The van der Waals surface area contributed by atoms with Crippen LogP contribution < -0.4 is 0 Å². The summed E-state index contributed by atoms with van der Waals surface area (Å²) in [6, 6.07) is 0. The van der Waals surface area contributed by atoms with Gasteiger partial charge in [-0.25, -0.2) is 0 Å². The van der Waals surface area contributed by atoms with E-state index in [4.69, 9.17) is 15.7 Å². The molecule has 0 rings (SSSR count). The fourth-order valence-electron chi connectivity index (χ4n) is 0.407. The Bertz CT molecular complexity index is 237. The summed E-state index contributed by atoms with van der Waals surface area (Å²) in [5, 5.41) is 16.8. The van der Waals surface area contributed by atoms with Crippen LogP contribution in [0.1, 0.15) is 25.2 Å². The molecule has 0 saturated carbocycles. The van der Waals surface area contributed by atoms with Crippen molar-refractivity contribution in [1.29, 1.82) is 0 Å². The molecule has 0 aromatic heterocycles. The van der Waals surface area contributed by atoms with Gasteiger partial charge < -0.3 is 10.2 Å². The van der Waals surface area contributed by atoms with Gasteiger partial charge in [0.1, 0.15) is 0 Å². The Balaban J connectivity index is 5.04. The van der Waals surface area contributed by atoms with Gasteiger partial charge in [-0.05, 0) is 5.92 Å². The van der Waals surface area contributed by atoms with Gasteiger partial charge in [0, 0.05) is 18.2 Å². The molecule has 0 aromatic carbocycles. The molecule has 0 bridgehead atoms. The summed E-state index contributed by atoms with van der Waals surface area (Å²) in [5.74, 6) is -5.55. The minimum atomic E-state index is -2.91. The molecule has 0 atom stereocenters. The monoisotopic (exact) mass is 150 g/mol. The first-order chi connectivity index (χ1) is 6.04. The first-order valence-electron chi connectivity index (χ1n) is 4.51. The van der Waals surface area contributed by atoms with Gasteiger partial charge in [0.05, 0.1) is 0 Å². The third-order valence-corrected chi connectivity index (χ3v) is 0.680. The Morgan fingerprint density at radius 2 is 1.70 bits per heavy atom. The summed E-state index contributed by atoms with van der Waals surface area (Å²) in [6.45, 7) is 0.905. The molecule has 2 N–H and O–H groups in total. The van der Waals surface area contributed by atoms with E-state index in [1.54, 1.807) is 0 Å². The van der Waals surface area contributed by atoms with Gasteiger partial charge in [-0.2, -0.15) is 0 Å². The van der Waals surface area contributed by atoms with Crippen molar-refractivity contribution >= 4 is 11.9 Å². The second-order valence-corrected chi connectivity index (χ2v) is 1.62. The van der Waals surface area contributed by atoms with Crippen LogP contribution >= 0.6 is 0 Å². The number of hydrogen-bond acceptors (Lipinski definition) is 2. The first-order valence-corrected chi connectivity index (χ1v) is 2.51. The van der Waals surface area contributed by atoms with Gasteiger partial charge in [0.25, 0.3) is 0 Å². The molecule has 0 fully saturated rings. The molecule has 4 heteroatoms. The quantitative estimate of drug-likeness (QED) is 0.614. The van der Waals surface area contributed by atoms with E-state index in [1.807, 2.05) is 0 Å². The van der Waals surface area contributed by atoms with E-state index in [9.17, 15) is 9.59 Å². The van der Waals surface area contributed by atoms with Gasteiger partial charge in [0.15, 0.2) is 0 Å². The Kier molecular flexibility index (Phi) is 1.53. The number of hydrogen-bond donors (Lipinski definition) is 2. The van der Waals surface area contributed by atoms with Crippen molar-refractivity contribution in [1.82, 2.24) is 0 Å². The highest BCUT2D eigenvalue weighted by molar-refractivity contribution is 5.70. The molecular weight excluding hydrogens is 136 g/mol. The van der Waals surface area contributed by atoms with E-state index in [0.29, 0.717) is 0 Å². The lowest BCUT2D eigenvalue weighted by Gasteiger charge is -2.02. The van der Waals surface area contributed by atoms with Gasteiger partial charge >= 0.3 is 11.9 Å². The van der Waals surface area contributed by atoms with Crippen LogP contribution in [0.2, 0.25) is 0 Å². The van der Waals surface area contributed by atoms with Crippen LogP contribution in [0.4, 0.5) is 0 Å². The minimum Gasteiger partial charge on any atom is -0.481 e. The van der Waals surface area contributed by atoms with E-state index in [-0.39, 0.29) is 0 Å². The van der Waals surface area contributed by atoms with Crippen LogP contribution in [0.25, 0.3) is 0 Å². The largest absolute Gasteiger partial charge is 0.481 e. The Labute approximate surface area is 64.1 Å². The maximum absolute atomic E-state index is 10.4. The summed E-state index contributed by atoms with van der Waals surface area (Å²) in [6.07, 6.45) is -5.83. The summed E-state index contributed by atoms with van der Waals surface area (Å²) in [4.78, 5) is 20.8. The van der Waals surface area contributed by atoms with Crippen molar-refractivity contribution in [2.75, 3.05) is 0 Å². The SMILES string of the molecule is [2H]C([2H])(C(=O)O)C(C)C([2H])([2H])C(=O)O. The molecule has 0 unspecified atom stereocenters. The Hall–Kier alpha value is -1.06. The van der Waals surface area contributed by atoms with Crippen LogP contribution in [0.3, 0.4) is 0 Å². The number of carbonyl (C=O) groups is 2. The van der Waals surface area contributed by atoms with Gasteiger partial charge in [-0.3, -0.25) is 9.59 Å². The number of carboxylic acids is 2. The molecule has 58 valence electrons. The fourth-order valence-corrected chi connectivity index (χ4v) is 0.407. The zero-order chi connectivity index (χ0) is 11.7. The second kappa shape index (κ2) is 3.87. The maximum atomic E-state index is 10.4. The number of carboxylic acid groups (broad SMARTS) is 2. The highest BCUT2D eigenvalue weighted by atomic mass is 16.4. The fraction of sp³-hybridized carbons (Fsp3) is 0.667. The van der Waals surface area contributed by atoms with Gasteiger partial charge in [-0.15, -0.1) is 0 Å².